The van der Waals surface area contributed by atoms with Crippen LogP contribution in [-0.2, 0) is 14.2 Å². The fourth-order valence-corrected chi connectivity index (χ4v) is 1.17. The molecule has 0 saturated heterocycles. The van der Waals surface area contributed by atoms with Crippen LogP contribution in [0.25, 0.3) is 0 Å². The highest BCUT2D eigenvalue weighted by atomic mass is 16.6. The van der Waals surface area contributed by atoms with Crippen LogP contribution in [-0.4, -0.2) is 56.7 Å². The number of hydrogen-bond donors (Lipinski definition) is 0. The normalized spacial score (nSPS) is 10.1. The van der Waals surface area contributed by atoms with Crippen LogP contribution < -0.4 is 4.74 Å². The highest BCUT2D eigenvalue weighted by Crippen LogP contribution is 2.08. The molecule has 0 saturated carbocycles. The Hall–Kier alpha value is -1.75. The summed E-state index contributed by atoms with van der Waals surface area (Å²) in [4.78, 5) is 7.75. The van der Waals surface area contributed by atoms with E-state index < -0.39 is 0 Å². The van der Waals surface area contributed by atoms with Gasteiger partial charge >= 0.3 is 0 Å². The molecule has 19 heavy (non-hydrogen) atoms. The van der Waals surface area contributed by atoms with E-state index >= 15 is 0 Å². The SMILES string of the molecule is COCCOCCOCCOc1nccnc1C#N. The van der Waals surface area contributed by atoms with E-state index in [9.17, 15) is 0 Å². The van der Waals surface area contributed by atoms with E-state index in [-0.39, 0.29) is 11.6 Å². The quantitative estimate of drug-likeness (QED) is 0.567. The van der Waals surface area contributed by atoms with Gasteiger partial charge in [0.25, 0.3) is 5.88 Å². The number of rotatable bonds is 10. The Morgan fingerprint density at radius 1 is 1.00 bits per heavy atom. The molecular formula is C12H17N3O4. The standard InChI is InChI=1S/C12H17N3O4/c1-16-4-5-17-6-7-18-8-9-19-12-11(10-13)14-2-3-15-12/h2-3H,4-9H2,1H3. The lowest BCUT2D eigenvalue weighted by Crippen LogP contribution is -2.13. The summed E-state index contributed by atoms with van der Waals surface area (Å²) in [5.41, 5.74) is 0.172. The monoisotopic (exact) mass is 267 g/mol. The predicted molar refractivity (Wildman–Crippen MR) is 65.8 cm³/mol. The first-order chi connectivity index (χ1) is 9.38. The van der Waals surface area contributed by atoms with E-state index in [1.165, 1.54) is 12.4 Å². The molecule has 7 heteroatoms. The summed E-state index contributed by atoms with van der Waals surface area (Å²) >= 11 is 0. The second kappa shape index (κ2) is 10.2. The molecule has 1 aromatic heterocycles. The topological polar surface area (TPSA) is 86.5 Å². The molecule has 104 valence electrons. The van der Waals surface area contributed by atoms with Gasteiger partial charge in [-0.3, -0.25) is 0 Å². The van der Waals surface area contributed by atoms with Crippen LogP contribution in [0.15, 0.2) is 12.4 Å². The van der Waals surface area contributed by atoms with Gasteiger partial charge in [-0.15, -0.1) is 0 Å². The molecule has 0 fully saturated rings. The zero-order chi connectivity index (χ0) is 13.8. The highest BCUT2D eigenvalue weighted by Gasteiger charge is 2.04. The maximum absolute atomic E-state index is 8.77. The van der Waals surface area contributed by atoms with Crippen LogP contribution in [0.4, 0.5) is 0 Å². The fourth-order valence-electron chi connectivity index (χ4n) is 1.17. The van der Waals surface area contributed by atoms with E-state index in [4.69, 9.17) is 24.2 Å². The first kappa shape index (κ1) is 15.3. The van der Waals surface area contributed by atoms with Crippen molar-refractivity contribution >= 4 is 0 Å². The van der Waals surface area contributed by atoms with E-state index in [0.717, 1.165) is 0 Å². The average molecular weight is 267 g/mol. The largest absolute Gasteiger partial charge is 0.473 e. The molecule has 0 aliphatic rings. The van der Waals surface area contributed by atoms with Gasteiger partial charge in [-0.1, -0.05) is 0 Å². The van der Waals surface area contributed by atoms with Crippen molar-refractivity contribution in [1.82, 2.24) is 9.97 Å². The van der Waals surface area contributed by atoms with Gasteiger partial charge in [0.2, 0.25) is 5.69 Å². The maximum Gasteiger partial charge on any atom is 0.251 e. The third kappa shape index (κ3) is 6.67. The van der Waals surface area contributed by atoms with Gasteiger partial charge in [0.05, 0.1) is 33.0 Å². The third-order valence-electron chi connectivity index (χ3n) is 2.04. The van der Waals surface area contributed by atoms with Gasteiger partial charge in [0.15, 0.2) is 0 Å². The number of nitrogens with zero attached hydrogens (tertiary/aromatic N) is 3. The predicted octanol–water partition coefficient (Wildman–Crippen LogP) is 0.407. The Morgan fingerprint density at radius 2 is 1.63 bits per heavy atom. The van der Waals surface area contributed by atoms with Crippen molar-refractivity contribution in [2.24, 2.45) is 0 Å². The molecule has 0 aliphatic heterocycles. The van der Waals surface area contributed by atoms with Crippen LogP contribution in [0.2, 0.25) is 0 Å². The molecule has 1 heterocycles. The summed E-state index contributed by atoms with van der Waals surface area (Å²) in [6, 6.07) is 1.91. The van der Waals surface area contributed by atoms with E-state index in [0.29, 0.717) is 39.6 Å². The number of nitriles is 1. The minimum atomic E-state index is 0.172. The summed E-state index contributed by atoms with van der Waals surface area (Å²) in [7, 11) is 1.62. The molecule has 0 aliphatic carbocycles. The first-order valence-corrected chi connectivity index (χ1v) is 5.86. The van der Waals surface area contributed by atoms with Crippen molar-refractivity contribution in [3.63, 3.8) is 0 Å². The Kier molecular flexibility index (Phi) is 8.22. The van der Waals surface area contributed by atoms with Crippen molar-refractivity contribution in [3.8, 4) is 11.9 Å². The fraction of sp³-hybridized carbons (Fsp3) is 0.583. The van der Waals surface area contributed by atoms with Crippen molar-refractivity contribution in [2.75, 3.05) is 46.8 Å². The summed E-state index contributed by atoms with van der Waals surface area (Å²) in [5.74, 6) is 0.227. The van der Waals surface area contributed by atoms with E-state index in [2.05, 4.69) is 9.97 Å². The van der Waals surface area contributed by atoms with Gasteiger partial charge < -0.3 is 18.9 Å². The van der Waals surface area contributed by atoms with E-state index in [1.807, 2.05) is 6.07 Å². The number of methoxy groups -OCH3 is 1. The lowest BCUT2D eigenvalue weighted by atomic mass is 10.5. The Bertz CT molecular complexity index is 395. The zero-order valence-electron chi connectivity index (χ0n) is 10.9. The molecule has 0 amide bonds. The van der Waals surface area contributed by atoms with Gasteiger partial charge in [-0.25, -0.2) is 9.97 Å². The van der Waals surface area contributed by atoms with Crippen molar-refractivity contribution in [2.45, 2.75) is 0 Å². The molecule has 0 bridgehead atoms. The summed E-state index contributed by atoms with van der Waals surface area (Å²) < 4.78 is 20.6. The third-order valence-corrected chi connectivity index (χ3v) is 2.04. The van der Waals surface area contributed by atoms with E-state index in [1.54, 1.807) is 7.11 Å². The summed E-state index contributed by atoms with van der Waals surface area (Å²) in [6.07, 6.45) is 2.92. The molecule has 0 aromatic carbocycles. The minimum absolute atomic E-state index is 0.172. The second-order valence-corrected chi connectivity index (χ2v) is 3.39. The Balaban J connectivity index is 2.03. The molecule has 0 spiro atoms. The highest BCUT2D eigenvalue weighted by molar-refractivity contribution is 5.29. The molecule has 7 nitrogen and oxygen atoms in total. The average Bonchev–Trinajstić information content (AvgIpc) is 2.46. The summed E-state index contributed by atoms with van der Waals surface area (Å²) in [5, 5.41) is 8.77. The van der Waals surface area contributed by atoms with Gasteiger partial charge in [-0.2, -0.15) is 5.26 Å². The molecule has 1 aromatic rings. The molecule has 1 rings (SSSR count). The zero-order valence-corrected chi connectivity index (χ0v) is 10.9. The molecule has 0 atom stereocenters. The minimum Gasteiger partial charge on any atom is -0.473 e. The van der Waals surface area contributed by atoms with Gasteiger partial charge in [0, 0.05) is 19.5 Å². The van der Waals surface area contributed by atoms with Crippen molar-refractivity contribution in [3.05, 3.63) is 18.1 Å². The first-order valence-electron chi connectivity index (χ1n) is 5.86. The van der Waals surface area contributed by atoms with Crippen molar-refractivity contribution < 1.29 is 18.9 Å². The second-order valence-electron chi connectivity index (χ2n) is 3.39. The molecule has 0 N–H and O–H groups in total. The number of aromatic nitrogens is 2. The number of hydrogen-bond acceptors (Lipinski definition) is 7. The summed E-state index contributed by atoms with van der Waals surface area (Å²) in [6.45, 7) is 2.84. The van der Waals surface area contributed by atoms with Crippen LogP contribution in [0.3, 0.4) is 0 Å². The van der Waals surface area contributed by atoms with Gasteiger partial charge in [-0.05, 0) is 0 Å². The molecule has 0 unspecified atom stereocenters. The number of ether oxygens (including phenoxy) is 4. The molecular weight excluding hydrogens is 250 g/mol. The maximum atomic E-state index is 8.77. The smallest absolute Gasteiger partial charge is 0.251 e. The lowest BCUT2D eigenvalue weighted by molar-refractivity contribution is 0.0176. The molecule has 0 radical (unpaired) electrons. The van der Waals surface area contributed by atoms with Crippen LogP contribution >= 0.6 is 0 Å². The van der Waals surface area contributed by atoms with Crippen LogP contribution in [0.5, 0.6) is 5.88 Å². The van der Waals surface area contributed by atoms with Crippen LogP contribution in [0.1, 0.15) is 5.69 Å². The van der Waals surface area contributed by atoms with Crippen molar-refractivity contribution in [1.29, 1.82) is 5.26 Å². The Morgan fingerprint density at radius 3 is 2.32 bits per heavy atom. The van der Waals surface area contributed by atoms with Crippen LogP contribution in [0, 0.1) is 11.3 Å². The van der Waals surface area contributed by atoms with Gasteiger partial charge in [0.1, 0.15) is 12.7 Å². The Labute approximate surface area is 112 Å². The lowest BCUT2D eigenvalue weighted by Gasteiger charge is -2.07.